The third-order valence-corrected chi connectivity index (χ3v) is 3.03. The van der Waals surface area contributed by atoms with Crippen molar-refractivity contribution >= 4 is 17.5 Å². The van der Waals surface area contributed by atoms with Crippen molar-refractivity contribution in [3.05, 3.63) is 24.3 Å². The lowest BCUT2D eigenvalue weighted by molar-refractivity contribution is -0.122. The van der Waals surface area contributed by atoms with Gasteiger partial charge in [-0.15, -0.1) is 0 Å². The van der Waals surface area contributed by atoms with Crippen molar-refractivity contribution in [1.82, 2.24) is 5.32 Å². The number of carbonyl (C=O) groups excluding carboxylic acids is 2. The highest BCUT2D eigenvalue weighted by molar-refractivity contribution is 5.90. The Bertz CT molecular complexity index is 477. The fourth-order valence-corrected chi connectivity index (χ4v) is 1.60. The van der Waals surface area contributed by atoms with Gasteiger partial charge in [-0.2, -0.15) is 0 Å². The van der Waals surface area contributed by atoms with Gasteiger partial charge in [-0.25, -0.2) is 0 Å². The lowest BCUT2D eigenvalue weighted by Gasteiger charge is -2.10. The Morgan fingerprint density at radius 1 is 1.33 bits per heavy atom. The predicted molar refractivity (Wildman–Crippen MR) is 82.1 cm³/mol. The van der Waals surface area contributed by atoms with Crippen molar-refractivity contribution in [3.63, 3.8) is 0 Å². The molecule has 0 heterocycles. The Hall–Kier alpha value is -2.08. The highest BCUT2D eigenvalue weighted by Crippen LogP contribution is 2.18. The van der Waals surface area contributed by atoms with Gasteiger partial charge in [-0.05, 0) is 31.0 Å². The van der Waals surface area contributed by atoms with E-state index < -0.39 is 0 Å². The van der Waals surface area contributed by atoms with Crippen LogP contribution in [-0.2, 0) is 9.59 Å². The molecule has 0 aliphatic carbocycles. The van der Waals surface area contributed by atoms with Crippen LogP contribution < -0.4 is 21.1 Å². The quantitative estimate of drug-likeness (QED) is 0.669. The van der Waals surface area contributed by atoms with Crippen LogP contribution in [0.4, 0.5) is 5.69 Å². The summed E-state index contributed by atoms with van der Waals surface area (Å²) in [6.45, 7) is 2.54. The summed E-state index contributed by atoms with van der Waals surface area (Å²) in [5.41, 5.74) is 6.17. The second-order valence-electron chi connectivity index (χ2n) is 4.92. The van der Waals surface area contributed by atoms with Gasteiger partial charge < -0.3 is 21.1 Å². The number of hydrogen-bond donors (Lipinski definition) is 3. The second kappa shape index (κ2) is 8.97. The number of amides is 2. The first-order chi connectivity index (χ1) is 10.0. The molecule has 0 radical (unpaired) electrons. The van der Waals surface area contributed by atoms with E-state index in [1.54, 1.807) is 31.3 Å². The van der Waals surface area contributed by atoms with Crippen molar-refractivity contribution < 1.29 is 14.3 Å². The minimum Gasteiger partial charge on any atom is -0.484 e. The van der Waals surface area contributed by atoms with Gasteiger partial charge in [0.05, 0.1) is 0 Å². The molecule has 1 unspecified atom stereocenters. The molecule has 1 atom stereocenters. The first-order valence-corrected chi connectivity index (χ1v) is 6.98. The maximum Gasteiger partial charge on any atom is 0.257 e. The first-order valence-electron chi connectivity index (χ1n) is 6.98. The molecule has 2 amide bonds. The molecule has 6 heteroatoms. The molecule has 6 nitrogen and oxygen atoms in total. The standard InChI is InChI=1S/C15H23N3O3/c1-11(9-16)6-7-14(19)18-12-4-3-5-13(8-12)21-10-15(20)17-2/h3-5,8,11H,6-7,9-10,16H2,1-2H3,(H,17,20)(H,18,19). The van der Waals surface area contributed by atoms with Crippen LogP contribution >= 0.6 is 0 Å². The Morgan fingerprint density at radius 2 is 2.10 bits per heavy atom. The number of rotatable bonds is 8. The highest BCUT2D eigenvalue weighted by atomic mass is 16.5. The summed E-state index contributed by atoms with van der Waals surface area (Å²) in [6, 6.07) is 6.95. The Balaban J connectivity index is 2.48. The molecule has 0 aromatic heterocycles. The average Bonchev–Trinajstić information content (AvgIpc) is 2.50. The number of ether oxygens (including phenoxy) is 1. The molecular formula is C15H23N3O3. The number of nitrogens with two attached hydrogens (primary N) is 1. The van der Waals surface area contributed by atoms with E-state index in [9.17, 15) is 9.59 Å². The summed E-state index contributed by atoms with van der Waals surface area (Å²) in [5, 5.41) is 5.27. The van der Waals surface area contributed by atoms with Crippen molar-refractivity contribution in [1.29, 1.82) is 0 Å². The van der Waals surface area contributed by atoms with Gasteiger partial charge >= 0.3 is 0 Å². The van der Waals surface area contributed by atoms with Crippen molar-refractivity contribution in [2.45, 2.75) is 19.8 Å². The van der Waals surface area contributed by atoms with Crippen LogP contribution in [0.15, 0.2) is 24.3 Å². The Kier molecular flexibility index (Phi) is 7.25. The molecule has 1 rings (SSSR count). The van der Waals surface area contributed by atoms with E-state index in [2.05, 4.69) is 10.6 Å². The smallest absolute Gasteiger partial charge is 0.257 e. The molecule has 21 heavy (non-hydrogen) atoms. The van der Waals surface area contributed by atoms with E-state index in [0.717, 1.165) is 6.42 Å². The van der Waals surface area contributed by atoms with E-state index in [1.165, 1.54) is 0 Å². The van der Waals surface area contributed by atoms with Crippen LogP contribution in [0.3, 0.4) is 0 Å². The number of likely N-dealkylation sites (N-methyl/N-ethyl adjacent to an activating group) is 1. The minimum atomic E-state index is -0.208. The van der Waals surface area contributed by atoms with Gasteiger partial charge in [0.2, 0.25) is 5.91 Å². The highest BCUT2D eigenvalue weighted by Gasteiger charge is 2.07. The zero-order chi connectivity index (χ0) is 15.7. The number of anilines is 1. The van der Waals surface area contributed by atoms with Gasteiger partial charge in [-0.1, -0.05) is 13.0 Å². The van der Waals surface area contributed by atoms with Crippen LogP contribution in [0.25, 0.3) is 0 Å². The molecule has 1 aromatic rings. The lowest BCUT2D eigenvalue weighted by Crippen LogP contribution is -2.24. The number of carbonyl (C=O) groups is 2. The van der Waals surface area contributed by atoms with Crippen molar-refractivity contribution in [3.8, 4) is 5.75 Å². The summed E-state index contributed by atoms with van der Waals surface area (Å²) in [6.07, 6.45) is 1.19. The van der Waals surface area contributed by atoms with Crippen molar-refractivity contribution in [2.75, 3.05) is 25.5 Å². The second-order valence-corrected chi connectivity index (χ2v) is 4.92. The molecular weight excluding hydrogens is 270 g/mol. The normalized spacial score (nSPS) is 11.6. The SMILES string of the molecule is CNC(=O)COc1cccc(NC(=O)CCC(C)CN)c1. The maximum atomic E-state index is 11.8. The monoisotopic (exact) mass is 293 g/mol. The third kappa shape index (κ3) is 6.76. The predicted octanol–water partition coefficient (Wildman–Crippen LogP) is 1.12. The summed E-state index contributed by atoms with van der Waals surface area (Å²) < 4.78 is 5.32. The van der Waals surface area contributed by atoms with Crippen LogP contribution in [0.2, 0.25) is 0 Å². The summed E-state index contributed by atoms with van der Waals surface area (Å²) in [7, 11) is 1.55. The zero-order valence-electron chi connectivity index (χ0n) is 12.5. The lowest BCUT2D eigenvalue weighted by atomic mass is 10.1. The molecule has 4 N–H and O–H groups in total. The van der Waals surface area contributed by atoms with Gasteiger partial charge in [0.15, 0.2) is 6.61 Å². The molecule has 0 saturated heterocycles. The van der Waals surface area contributed by atoms with Gasteiger partial charge in [-0.3, -0.25) is 9.59 Å². The van der Waals surface area contributed by atoms with Gasteiger partial charge in [0.25, 0.3) is 5.91 Å². The minimum absolute atomic E-state index is 0.0537. The van der Waals surface area contributed by atoms with Crippen molar-refractivity contribution in [2.24, 2.45) is 11.7 Å². The van der Waals surface area contributed by atoms with E-state index >= 15 is 0 Å². The summed E-state index contributed by atoms with van der Waals surface area (Å²) in [5.74, 6) is 0.601. The van der Waals surface area contributed by atoms with E-state index in [-0.39, 0.29) is 18.4 Å². The molecule has 0 aliphatic heterocycles. The van der Waals surface area contributed by atoms with Crippen LogP contribution in [-0.4, -0.2) is 32.0 Å². The third-order valence-electron chi connectivity index (χ3n) is 3.03. The van der Waals surface area contributed by atoms with Crippen LogP contribution in [0.1, 0.15) is 19.8 Å². The van der Waals surface area contributed by atoms with E-state index in [4.69, 9.17) is 10.5 Å². The maximum absolute atomic E-state index is 11.8. The van der Waals surface area contributed by atoms with Crippen LogP contribution in [0, 0.1) is 5.92 Å². The van der Waals surface area contributed by atoms with Gasteiger partial charge in [0, 0.05) is 25.2 Å². The number of benzene rings is 1. The molecule has 0 saturated carbocycles. The Labute approximate surface area is 125 Å². The molecule has 116 valence electrons. The first kappa shape index (κ1) is 17.0. The molecule has 0 fully saturated rings. The number of hydrogen-bond acceptors (Lipinski definition) is 4. The fourth-order valence-electron chi connectivity index (χ4n) is 1.60. The fraction of sp³-hybridized carbons (Fsp3) is 0.467. The summed E-state index contributed by atoms with van der Waals surface area (Å²) in [4.78, 5) is 22.9. The average molecular weight is 293 g/mol. The summed E-state index contributed by atoms with van der Waals surface area (Å²) >= 11 is 0. The largest absolute Gasteiger partial charge is 0.484 e. The molecule has 0 spiro atoms. The Morgan fingerprint density at radius 3 is 2.76 bits per heavy atom. The van der Waals surface area contributed by atoms with Crippen LogP contribution in [0.5, 0.6) is 5.75 Å². The van der Waals surface area contributed by atoms with Gasteiger partial charge in [0.1, 0.15) is 5.75 Å². The number of nitrogens with one attached hydrogen (secondary N) is 2. The molecule has 0 bridgehead atoms. The van der Waals surface area contributed by atoms with E-state index in [0.29, 0.717) is 30.3 Å². The van der Waals surface area contributed by atoms with E-state index in [1.807, 2.05) is 6.92 Å². The molecule has 0 aliphatic rings. The topological polar surface area (TPSA) is 93.5 Å². The molecule has 1 aromatic carbocycles. The zero-order valence-corrected chi connectivity index (χ0v) is 12.5.